The first-order chi connectivity index (χ1) is 8.99. The zero-order valence-corrected chi connectivity index (χ0v) is 10.9. The first kappa shape index (κ1) is 14.3. The molecule has 1 aliphatic carbocycles. The van der Waals surface area contributed by atoms with Crippen LogP contribution in [0.2, 0.25) is 0 Å². The maximum Gasteiger partial charge on any atom is 0.326 e. The highest BCUT2D eigenvalue weighted by Gasteiger charge is 2.39. The van der Waals surface area contributed by atoms with Crippen LogP contribution in [0.3, 0.4) is 0 Å². The molecule has 1 amide bonds. The van der Waals surface area contributed by atoms with E-state index >= 15 is 0 Å². The number of aliphatic hydroxyl groups is 2. The van der Waals surface area contributed by atoms with Crippen LogP contribution < -0.4 is 0 Å². The highest BCUT2D eigenvalue weighted by molar-refractivity contribution is 5.84. The molecule has 0 aromatic carbocycles. The van der Waals surface area contributed by atoms with Crippen LogP contribution in [0.5, 0.6) is 0 Å². The Bertz CT molecular complexity index is 353. The van der Waals surface area contributed by atoms with Crippen LogP contribution in [-0.4, -0.2) is 56.9 Å². The number of carboxylic acid groups (broad SMARTS) is 1. The molecule has 6 nitrogen and oxygen atoms in total. The predicted octanol–water partition coefficient (Wildman–Crippen LogP) is -0.0260. The summed E-state index contributed by atoms with van der Waals surface area (Å²) in [4.78, 5) is 24.3. The van der Waals surface area contributed by atoms with Gasteiger partial charge in [0.05, 0.1) is 18.6 Å². The molecule has 0 aromatic heterocycles. The summed E-state index contributed by atoms with van der Waals surface area (Å²) < 4.78 is 0. The second kappa shape index (κ2) is 5.88. The van der Waals surface area contributed by atoms with Gasteiger partial charge in [-0.15, -0.1) is 0 Å². The Labute approximate surface area is 112 Å². The van der Waals surface area contributed by atoms with E-state index in [0.717, 1.165) is 25.7 Å². The van der Waals surface area contributed by atoms with Gasteiger partial charge in [0.1, 0.15) is 6.04 Å². The quantitative estimate of drug-likeness (QED) is 0.667. The van der Waals surface area contributed by atoms with Crippen LogP contribution in [0, 0.1) is 5.92 Å². The third-order valence-corrected chi connectivity index (χ3v) is 4.21. The van der Waals surface area contributed by atoms with Gasteiger partial charge in [0.25, 0.3) is 0 Å². The first-order valence-electron chi connectivity index (χ1n) is 6.87. The van der Waals surface area contributed by atoms with E-state index in [4.69, 9.17) is 5.11 Å². The van der Waals surface area contributed by atoms with Crippen molar-refractivity contribution in [3.63, 3.8) is 0 Å². The van der Waals surface area contributed by atoms with Crippen LogP contribution in [0.15, 0.2) is 0 Å². The van der Waals surface area contributed by atoms with Crippen LogP contribution in [0.1, 0.15) is 38.5 Å². The molecule has 0 radical (unpaired) electrons. The standard InChI is InChI=1S/C13H21NO5/c15-9-5-10(13(18)19)14(7-9)12(17)6-11(16)8-3-1-2-4-8/h8-11,15-16H,1-7H2,(H,18,19)/t9-,10-,11?/m1/s1. The predicted molar refractivity (Wildman–Crippen MR) is 66.3 cm³/mol. The average molecular weight is 271 g/mol. The zero-order valence-electron chi connectivity index (χ0n) is 10.9. The monoisotopic (exact) mass is 271 g/mol. The Balaban J connectivity index is 1.92. The van der Waals surface area contributed by atoms with E-state index in [1.807, 2.05) is 0 Å². The van der Waals surface area contributed by atoms with Crippen molar-refractivity contribution in [2.24, 2.45) is 5.92 Å². The van der Waals surface area contributed by atoms with Crippen molar-refractivity contribution in [3.8, 4) is 0 Å². The minimum absolute atomic E-state index is 0.0405. The second-order valence-corrected chi connectivity index (χ2v) is 5.61. The summed E-state index contributed by atoms with van der Waals surface area (Å²) in [5.74, 6) is -1.32. The summed E-state index contributed by atoms with van der Waals surface area (Å²) in [7, 11) is 0. The van der Waals surface area contributed by atoms with Crippen molar-refractivity contribution < 1.29 is 24.9 Å². The summed E-state index contributed by atoms with van der Waals surface area (Å²) in [6.45, 7) is 0.0488. The number of hydrogen-bond donors (Lipinski definition) is 3. The lowest BCUT2D eigenvalue weighted by atomic mass is 9.97. The fourth-order valence-electron chi connectivity index (χ4n) is 3.13. The van der Waals surface area contributed by atoms with Gasteiger partial charge in [-0.05, 0) is 18.8 Å². The number of carboxylic acids is 1. The van der Waals surface area contributed by atoms with E-state index in [2.05, 4.69) is 0 Å². The maximum absolute atomic E-state index is 12.1. The highest BCUT2D eigenvalue weighted by atomic mass is 16.4. The lowest BCUT2D eigenvalue weighted by Gasteiger charge is -2.24. The molecule has 0 aromatic rings. The summed E-state index contributed by atoms with van der Waals surface area (Å²) in [6, 6.07) is -0.960. The molecule has 0 spiro atoms. The number of carbonyl (C=O) groups is 2. The Kier molecular flexibility index (Phi) is 4.42. The summed E-state index contributed by atoms with van der Waals surface area (Å²) >= 11 is 0. The van der Waals surface area contributed by atoms with E-state index in [1.54, 1.807) is 0 Å². The van der Waals surface area contributed by atoms with Gasteiger partial charge in [0.15, 0.2) is 0 Å². The van der Waals surface area contributed by atoms with Gasteiger partial charge in [-0.25, -0.2) is 4.79 Å². The second-order valence-electron chi connectivity index (χ2n) is 5.61. The van der Waals surface area contributed by atoms with Gasteiger partial charge in [-0.1, -0.05) is 12.8 Å². The van der Waals surface area contributed by atoms with E-state index in [1.165, 1.54) is 4.90 Å². The molecular weight excluding hydrogens is 250 g/mol. The fraction of sp³-hybridized carbons (Fsp3) is 0.846. The van der Waals surface area contributed by atoms with Gasteiger partial charge < -0.3 is 20.2 Å². The molecule has 3 N–H and O–H groups in total. The number of hydrogen-bond acceptors (Lipinski definition) is 4. The van der Waals surface area contributed by atoms with E-state index in [0.29, 0.717) is 0 Å². The number of nitrogens with zero attached hydrogens (tertiary/aromatic N) is 1. The first-order valence-corrected chi connectivity index (χ1v) is 6.87. The van der Waals surface area contributed by atoms with Crippen molar-refractivity contribution in [1.82, 2.24) is 4.90 Å². The largest absolute Gasteiger partial charge is 0.480 e. The number of rotatable bonds is 4. The van der Waals surface area contributed by atoms with E-state index in [9.17, 15) is 19.8 Å². The molecule has 2 aliphatic rings. The molecule has 3 atom stereocenters. The molecule has 108 valence electrons. The van der Waals surface area contributed by atoms with Crippen LogP contribution in [-0.2, 0) is 9.59 Å². The lowest BCUT2D eigenvalue weighted by Crippen LogP contribution is -2.42. The Morgan fingerprint density at radius 1 is 1.26 bits per heavy atom. The molecule has 0 bridgehead atoms. The fourth-order valence-corrected chi connectivity index (χ4v) is 3.13. The van der Waals surface area contributed by atoms with Crippen LogP contribution >= 0.6 is 0 Å². The van der Waals surface area contributed by atoms with Gasteiger partial charge >= 0.3 is 5.97 Å². The number of amides is 1. The van der Waals surface area contributed by atoms with Crippen LogP contribution in [0.25, 0.3) is 0 Å². The van der Waals surface area contributed by atoms with Gasteiger partial charge in [-0.3, -0.25) is 4.79 Å². The normalized spacial score (nSPS) is 29.7. The molecule has 1 unspecified atom stereocenters. The van der Waals surface area contributed by atoms with E-state index < -0.39 is 24.2 Å². The summed E-state index contributed by atoms with van der Waals surface area (Å²) in [6.07, 6.45) is 2.57. The van der Waals surface area contributed by atoms with Gasteiger partial charge in [-0.2, -0.15) is 0 Å². The number of likely N-dealkylation sites (tertiary alicyclic amines) is 1. The molecule has 1 saturated heterocycles. The number of aliphatic hydroxyl groups excluding tert-OH is 2. The molecule has 19 heavy (non-hydrogen) atoms. The zero-order chi connectivity index (χ0) is 14.0. The number of aliphatic carboxylic acids is 1. The number of β-amino-alcohol motifs (C(OH)–C–C–N with tert-alkyl or cyclic N) is 1. The van der Waals surface area contributed by atoms with Crippen molar-refractivity contribution >= 4 is 11.9 Å². The van der Waals surface area contributed by atoms with Crippen molar-refractivity contribution in [1.29, 1.82) is 0 Å². The Morgan fingerprint density at radius 3 is 2.47 bits per heavy atom. The SMILES string of the molecule is O=C(O)[C@H]1C[C@@H](O)CN1C(=O)CC(O)C1CCCC1. The van der Waals surface area contributed by atoms with Crippen molar-refractivity contribution in [3.05, 3.63) is 0 Å². The third kappa shape index (κ3) is 3.25. The molecule has 1 heterocycles. The van der Waals surface area contributed by atoms with Crippen molar-refractivity contribution in [2.75, 3.05) is 6.54 Å². The lowest BCUT2D eigenvalue weighted by molar-refractivity contribution is -0.149. The highest BCUT2D eigenvalue weighted by Crippen LogP contribution is 2.30. The Morgan fingerprint density at radius 2 is 1.89 bits per heavy atom. The number of carbonyl (C=O) groups excluding carboxylic acids is 1. The molecule has 1 aliphatic heterocycles. The van der Waals surface area contributed by atoms with Crippen molar-refractivity contribution in [2.45, 2.75) is 56.8 Å². The van der Waals surface area contributed by atoms with Gasteiger partial charge in [0, 0.05) is 13.0 Å². The molecule has 2 fully saturated rings. The maximum atomic E-state index is 12.1. The minimum Gasteiger partial charge on any atom is -0.480 e. The van der Waals surface area contributed by atoms with Crippen LogP contribution in [0.4, 0.5) is 0 Å². The molecule has 6 heteroatoms. The summed E-state index contributed by atoms with van der Waals surface area (Å²) in [5, 5.41) is 28.5. The molecular formula is C13H21NO5. The topological polar surface area (TPSA) is 98.1 Å². The summed E-state index contributed by atoms with van der Waals surface area (Å²) in [5.41, 5.74) is 0. The van der Waals surface area contributed by atoms with E-state index in [-0.39, 0.29) is 31.2 Å². The average Bonchev–Trinajstić information content (AvgIpc) is 2.96. The minimum atomic E-state index is -1.10. The smallest absolute Gasteiger partial charge is 0.326 e. The third-order valence-electron chi connectivity index (χ3n) is 4.21. The molecule has 2 rings (SSSR count). The van der Waals surface area contributed by atoms with Gasteiger partial charge in [0.2, 0.25) is 5.91 Å². The Hall–Kier alpha value is -1.14. The molecule has 1 saturated carbocycles.